The van der Waals surface area contributed by atoms with E-state index in [0.717, 1.165) is 11.3 Å². The number of carbonyl (C=O) groups is 1. The van der Waals surface area contributed by atoms with Gasteiger partial charge < -0.3 is 29.8 Å². The molecular weight excluding hydrogens is 467 g/mol. The Morgan fingerprint density at radius 3 is 3.00 bits per heavy atom. The van der Waals surface area contributed by atoms with Crippen molar-refractivity contribution in [2.75, 3.05) is 38.3 Å². The molecule has 2 aromatic heterocycles. The third-order valence-corrected chi connectivity index (χ3v) is 6.36. The molecule has 8 nitrogen and oxygen atoms in total. The second-order valence-corrected chi connectivity index (χ2v) is 8.50. The molecule has 4 heterocycles. The molecule has 1 aromatic carbocycles. The summed E-state index contributed by atoms with van der Waals surface area (Å²) in [6.07, 6.45) is 3.85. The maximum Gasteiger partial charge on any atom is 0.255 e. The minimum atomic E-state index is -0.163. The predicted molar refractivity (Wildman–Crippen MR) is 126 cm³/mol. The Balaban J connectivity index is 1.54. The van der Waals surface area contributed by atoms with Crippen molar-refractivity contribution in [2.24, 2.45) is 0 Å². The SMILES string of the molecule is O=C1NCCc2[nH]c(-c3ccncc3OC[C@H]3COCCO3)c(Nc3cccc(Cl)c3Cl)c21. The number of nitrogens with zero attached hydrogens (tertiary/aromatic N) is 1. The first kappa shape index (κ1) is 22.0. The summed E-state index contributed by atoms with van der Waals surface area (Å²) in [7, 11) is 0. The molecule has 1 fully saturated rings. The lowest BCUT2D eigenvalue weighted by molar-refractivity contribution is -0.101. The average molecular weight is 489 g/mol. The zero-order valence-electron chi connectivity index (χ0n) is 17.6. The number of ether oxygens (including phenoxy) is 3. The summed E-state index contributed by atoms with van der Waals surface area (Å²) in [5, 5.41) is 7.02. The van der Waals surface area contributed by atoms with E-state index >= 15 is 0 Å². The molecule has 3 N–H and O–H groups in total. The van der Waals surface area contributed by atoms with Crippen LogP contribution in [0.25, 0.3) is 11.3 Å². The Morgan fingerprint density at radius 2 is 2.15 bits per heavy atom. The summed E-state index contributed by atoms with van der Waals surface area (Å²) >= 11 is 12.6. The number of nitrogens with one attached hydrogen (secondary N) is 3. The van der Waals surface area contributed by atoms with Crippen molar-refractivity contribution < 1.29 is 19.0 Å². The van der Waals surface area contributed by atoms with E-state index in [1.54, 1.807) is 24.5 Å². The van der Waals surface area contributed by atoms with Crippen molar-refractivity contribution in [1.82, 2.24) is 15.3 Å². The van der Waals surface area contributed by atoms with E-state index in [1.165, 1.54) is 0 Å². The molecule has 0 aliphatic carbocycles. The lowest BCUT2D eigenvalue weighted by Gasteiger charge is -2.23. The van der Waals surface area contributed by atoms with Gasteiger partial charge in [-0.05, 0) is 18.2 Å². The first-order valence-electron chi connectivity index (χ1n) is 10.6. The fourth-order valence-electron chi connectivity index (χ4n) is 3.96. The number of aromatic amines is 1. The highest BCUT2D eigenvalue weighted by Gasteiger charge is 2.29. The smallest absolute Gasteiger partial charge is 0.255 e. The van der Waals surface area contributed by atoms with Crippen LogP contribution in [0.15, 0.2) is 36.7 Å². The van der Waals surface area contributed by atoms with E-state index in [0.29, 0.717) is 77.8 Å². The van der Waals surface area contributed by atoms with Gasteiger partial charge in [-0.15, -0.1) is 0 Å². The first-order chi connectivity index (χ1) is 16.1. The van der Waals surface area contributed by atoms with Gasteiger partial charge in [-0.1, -0.05) is 29.3 Å². The summed E-state index contributed by atoms with van der Waals surface area (Å²) < 4.78 is 17.2. The molecule has 1 atom stereocenters. The molecule has 1 amide bonds. The maximum atomic E-state index is 12.8. The van der Waals surface area contributed by atoms with Gasteiger partial charge in [0.15, 0.2) is 0 Å². The number of hydrogen-bond donors (Lipinski definition) is 3. The van der Waals surface area contributed by atoms with Crippen molar-refractivity contribution >= 4 is 40.5 Å². The van der Waals surface area contributed by atoms with Gasteiger partial charge in [-0.2, -0.15) is 0 Å². The third-order valence-electron chi connectivity index (χ3n) is 5.54. The van der Waals surface area contributed by atoms with Crippen molar-refractivity contribution in [3.8, 4) is 17.0 Å². The molecule has 172 valence electrons. The van der Waals surface area contributed by atoms with Crippen LogP contribution < -0.4 is 15.4 Å². The number of aromatic nitrogens is 2. The molecule has 3 aromatic rings. The fourth-order valence-corrected chi connectivity index (χ4v) is 4.31. The second kappa shape index (κ2) is 9.61. The second-order valence-electron chi connectivity index (χ2n) is 7.71. The molecule has 2 aliphatic rings. The van der Waals surface area contributed by atoms with Crippen LogP contribution in [0.3, 0.4) is 0 Å². The molecule has 0 unspecified atom stereocenters. The topological polar surface area (TPSA) is 97.5 Å². The Labute approximate surface area is 200 Å². The van der Waals surface area contributed by atoms with Gasteiger partial charge in [-0.25, -0.2) is 0 Å². The molecule has 0 bridgehead atoms. The van der Waals surface area contributed by atoms with E-state index in [4.69, 9.17) is 37.4 Å². The molecule has 1 saturated heterocycles. The van der Waals surface area contributed by atoms with Gasteiger partial charge in [0.05, 0.1) is 58.7 Å². The van der Waals surface area contributed by atoms with Gasteiger partial charge in [0.25, 0.3) is 5.91 Å². The Kier molecular flexibility index (Phi) is 6.41. The number of pyridine rings is 1. The molecule has 0 saturated carbocycles. The highest BCUT2D eigenvalue weighted by Crippen LogP contribution is 2.42. The van der Waals surface area contributed by atoms with Crippen molar-refractivity contribution in [3.05, 3.63) is 58.0 Å². The molecule has 0 radical (unpaired) electrons. The van der Waals surface area contributed by atoms with Gasteiger partial charge in [-0.3, -0.25) is 9.78 Å². The largest absolute Gasteiger partial charge is 0.488 e. The normalized spacial score (nSPS) is 17.9. The lowest BCUT2D eigenvalue weighted by Crippen LogP contribution is -2.33. The number of amides is 1. The predicted octanol–water partition coefficient (Wildman–Crippen LogP) is 4.21. The van der Waals surface area contributed by atoms with Crippen LogP contribution in [0.4, 0.5) is 11.4 Å². The number of rotatable bonds is 6. The number of benzene rings is 1. The van der Waals surface area contributed by atoms with Gasteiger partial charge >= 0.3 is 0 Å². The molecule has 10 heteroatoms. The summed E-state index contributed by atoms with van der Waals surface area (Å²) in [6.45, 7) is 2.49. The van der Waals surface area contributed by atoms with Crippen molar-refractivity contribution in [1.29, 1.82) is 0 Å². The van der Waals surface area contributed by atoms with Crippen LogP contribution in [0, 0.1) is 0 Å². The Morgan fingerprint density at radius 1 is 1.24 bits per heavy atom. The van der Waals surface area contributed by atoms with E-state index in [2.05, 4.69) is 20.6 Å². The van der Waals surface area contributed by atoms with Crippen molar-refractivity contribution in [3.63, 3.8) is 0 Å². The van der Waals surface area contributed by atoms with Crippen LogP contribution in [-0.4, -0.2) is 55.0 Å². The molecule has 5 rings (SSSR count). The number of fused-ring (bicyclic) bond motifs is 1. The molecular formula is C23H22Cl2N4O4. The quantitative estimate of drug-likeness (QED) is 0.480. The summed E-state index contributed by atoms with van der Waals surface area (Å²) in [5.74, 6) is 0.398. The Bertz CT molecular complexity index is 1180. The highest BCUT2D eigenvalue weighted by atomic mass is 35.5. The summed E-state index contributed by atoms with van der Waals surface area (Å²) in [6, 6.07) is 7.15. The number of hydrogen-bond acceptors (Lipinski definition) is 6. The van der Waals surface area contributed by atoms with Gasteiger partial charge in [0, 0.05) is 30.4 Å². The monoisotopic (exact) mass is 488 g/mol. The van der Waals surface area contributed by atoms with E-state index in [-0.39, 0.29) is 12.0 Å². The van der Waals surface area contributed by atoms with Crippen LogP contribution in [0.1, 0.15) is 16.1 Å². The minimum Gasteiger partial charge on any atom is -0.488 e. The van der Waals surface area contributed by atoms with E-state index < -0.39 is 0 Å². The average Bonchev–Trinajstić information content (AvgIpc) is 3.21. The zero-order chi connectivity index (χ0) is 22.8. The van der Waals surface area contributed by atoms with Crippen LogP contribution in [-0.2, 0) is 15.9 Å². The van der Waals surface area contributed by atoms with Crippen LogP contribution in [0.5, 0.6) is 5.75 Å². The van der Waals surface area contributed by atoms with Crippen LogP contribution >= 0.6 is 23.2 Å². The number of carbonyl (C=O) groups excluding carboxylic acids is 1. The summed E-state index contributed by atoms with van der Waals surface area (Å²) in [5.41, 5.74) is 4.02. The number of H-pyrrole nitrogens is 1. The highest BCUT2D eigenvalue weighted by molar-refractivity contribution is 6.43. The van der Waals surface area contributed by atoms with E-state index in [1.807, 2.05) is 12.1 Å². The minimum absolute atomic E-state index is 0.155. The zero-order valence-corrected chi connectivity index (χ0v) is 19.1. The van der Waals surface area contributed by atoms with Crippen LogP contribution in [0.2, 0.25) is 10.0 Å². The standard InChI is InChI=1S/C23H22Cl2N4O4/c24-15-2-1-3-17(20(15)25)29-22-19-16(5-7-27-23(19)30)28-21(22)14-4-6-26-10-18(14)33-12-13-11-31-8-9-32-13/h1-4,6,10,13,28-29H,5,7-9,11-12H2,(H,27,30)/t13-/m1/s1. The molecule has 0 spiro atoms. The number of anilines is 2. The maximum absolute atomic E-state index is 12.8. The number of halogens is 2. The molecule has 2 aliphatic heterocycles. The Hall–Kier alpha value is -2.78. The first-order valence-corrected chi connectivity index (χ1v) is 11.4. The summed E-state index contributed by atoms with van der Waals surface area (Å²) in [4.78, 5) is 20.4. The van der Waals surface area contributed by atoms with Gasteiger partial charge in [0.2, 0.25) is 0 Å². The lowest BCUT2D eigenvalue weighted by atomic mass is 10.0. The van der Waals surface area contributed by atoms with E-state index in [9.17, 15) is 4.79 Å². The third kappa shape index (κ3) is 4.52. The fraction of sp³-hybridized carbons (Fsp3) is 0.304. The molecule has 33 heavy (non-hydrogen) atoms. The van der Waals surface area contributed by atoms with Crippen molar-refractivity contribution in [2.45, 2.75) is 12.5 Å². The van der Waals surface area contributed by atoms with Gasteiger partial charge in [0.1, 0.15) is 18.5 Å².